The number of aryl methyl sites for hydroxylation is 2. The van der Waals surface area contributed by atoms with E-state index >= 15 is 0 Å². The Morgan fingerprint density at radius 3 is 2.54 bits per heavy atom. The number of sulfonamides is 1. The predicted octanol–water partition coefficient (Wildman–Crippen LogP) is 5.68. The van der Waals surface area contributed by atoms with E-state index in [-0.39, 0.29) is 15.3 Å². The maximum absolute atomic E-state index is 13.4. The van der Waals surface area contributed by atoms with Crippen molar-refractivity contribution >= 4 is 55.8 Å². The van der Waals surface area contributed by atoms with Gasteiger partial charge >= 0.3 is 0 Å². The summed E-state index contributed by atoms with van der Waals surface area (Å²) in [6.07, 6.45) is 2.11. The Balaban J connectivity index is 1.62. The standard InChI is InChI=1S/C21H17Cl2NO2S2/c22-18-9-7-15(12-19(18)23)28(25,26)24-10-11-27-21(24)17-8-6-14-5-4-13-2-1-3-16(17)20(13)14/h1-3,6-9,12,21H,4-5,10-11H2. The Kier molecular flexibility index (Phi) is 4.64. The molecule has 0 radical (unpaired) electrons. The summed E-state index contributed by atoms with van der Waals surface area (Å²) in [6, 6.07) is 15.1. The lowest BCUT2D eigenvalue weighted by Gasteiger charge is -2.25. The highest BCUT2D eigenvalue weighted by Crippen LogP contribution is 2.45. The van der Waals surface area contributed by atoms with Crippen LogP contribution in [0.4, 0.5) is 0 Å². The van der Waals surface area contributed by atoms with Crippen molar-refractivity contribution in [2.24, 2.45) is 0 Å². The van der Waals surface area contributed by atoms with E-state index in [0.717, 1.165) is 24.2 Å². The first-order chi connectivity index (χ1) is 13.5. The Morgan fingerprint density at radius 2 is 1.75 bits per heavy atom. The molecule has 0 saturated carbocycles. The zero-order valence-electron chi connectivity index (χ0n) is 14.9. The smallest absolute Gasteiger partial charge is 0.207 e. The summed E-state index contributed by atoms with van der Waals surface area (Å²) in [6.45, 7) is 0.473. The first-order valence-corrected chi connectivity index (χ1v) is 12.3. The third kappa shape index (κ3) is 2.87. The highest BCUT2D eigenvalue weighted by Gasteiger charge is 2.38. The van der Waals surface area contributed by atoms with Crippen molar-refractivity contribution in [1.82, 2.24) is 4.31 Å². The molecule has 0 spiro atoms. The van der Waals surface area contributed by atoms with Gasteiger partial charge in [0.2, 0.25) is 10.0 Å². The number of hydrogen-bond donors (Lipinski definition) is 0. The van der Waals surface area contributed by atoms with Gasteiger partial charge in [-0.3, -0.25) is 0 Å². The van der Waals surface area contributed by atoms with E-state index in [4.69, 9.17) is 23.2 Å². The van der Waals surface area contributed by atoms with E-state index < -0.39 is 10.0 Å². The third-order valence-corrected chi connectivity index (χ3v) is 9.50. The lowest BCUT2D eigenvalue weighted by molar-refractivity contribution is 0.435. The van der Waals surface area contributed by atoms with Gasteiger partial charge in [0.15, 0.2) is 0 Å². The number of halogens is 2. The molecular weight excluding hydrogens is 433 g/mol. The van der Waals surface area contributed by atoms with Gasteiger partial charge in [0.25, 0.3) is 0 Å². The Morgan fingerprint density at radius 1 is 0.964 bits per heavy atom. The second kappa shape index (κ2) is 6.92. The topological polar surface area (TPSA) is 37.4 Å². The van der Waals surface area contributed by atoms with Gasteiger partial charge < -0.3 is 0 Å². The van der Waals surface area contributed by atoms with Crippen LogP contribution in [-0.2, 0) is 22.9 Å². The number of thioether (sulfide) groups is 1. The van der Waals surface area contributed by atoms with E-state index in [1.165, 1.54) is 40.1 Å². The van der Waals surface area contributed by atoms with Gasteiger partial charge in [-0.25, -0.2) is 8.42 Å². The highest BCUT2D eigenvalue weighted by molar-refractivity contribution is 8.01. The summed E-state index contributed by atoms with van der Waals surface area (Å²) in [5.41, 5.74) is 3.78. The van der Waals surface area contributed by atoms with Gasteiger partial charge in [-0.15, -0.1) is 11.8 Å². The maximum atomic E-state index is 13.4. The largest absolute Gasteiger partial charge is 0.244 e. The average molecular weight is 450 g/mol. The first-order valence-electron chi connectivity index (χ1n) is 9.09. The first kappa shape index (κ1) is 18.8. The number of rotatable bonds is 3. The van der Waals surface area contributed by atoms with Crippen LogP contribution in [0.25, 0.3) is 10.8 Å². The van der Waals surface area contributed by atoms with Crippen molar-refractivity contribution < 1.29 is 8.42 Å². The van der Waals surface area contributed by atoms with Gasteiger partial charge in [0.05, 0.1) is 20.3 Å². The van der Waals surface area contributed by atoms with Crippen LogP contribution >= 0.6 is 35.0 Å². The summed E-state index contributed by atoms with van der Waals surface area (Å²) in [4.78, 5) is 0.181. The summed E-state index contributed by atoms with van der Waals surface area (Å²) < 4.78 is 28.3. The molecule has 1 aliphatic carbocycles. The Hall–Kier alpha value is -1.24. The molecule has 1 heterocycles. The lowest BCUT2D eigenvalue weighted by atomic mass is 10.00. The van der Waals surface area contributed by atoms with Crippen molar-refractivity contribution in [3.63, 3.8) is 0 Å². The molecule has 3 aromatic rings. The fourth-order valence-corrected chi connectivity index (χ4v) is 7.86. The number of benzene rings is 3. The van der Waals surface area contributed by atoms with Gasteiger partial charge in [0, 0.05) is 12.3 Å². The molecule has 1 aliphatic heterocycles. The van der Waals surface area contributed by atoms with Crippen LogP contribution in [0.15, 0.2) is 53.4 Å². The average Bonchev–Trinajstić information content (AvgIpc) is 3.33. The lowest BCUT2D eigenvalue weighted by Crippen LogP contribution is -2.30. The molecule has 1 unspecified atom stereocenters. The second-order valence-electron chi connectivity index (χ2n) is 7.07. The molecule has 1 saturated heterocycles. The van der Waals surface area contributed by atoms with Crippen molar-refractivity contribution in [3.05, 3.63) is 75.3 Å². The monoisotopic (exact) mass is 449 g/mol. The SMILES string of the molecule is O=S(=O)(c1ccc(Cl)c(Cl)c1)N1CCSC1c1ccc2c3c(cccc13)CC2. The van der Waals surface area contributed by atoms with Crippen LogP contribution in [0.5, 0.6) is 0 Å². The normalized spacial score (nSPS) is 19.6. The predicted molar refractivity (Wildman–Crippen MR) is 117 cm³/mol. The zero-order valence-corrected chi connectivity index (χ0v) is 18.0. The minimum absolute atomic E-state index is 0.181. The Bertz CT molecular complexity index is 1200. The number of hydrogen-bond acceptors (Lipinski definition) is 3. The molecule has 0 bridgehead atoms. The van der Waals surface area contributed by atoms with Gasteiger partial charge in [-0.2, -0.15) is 4.31 Å². The minimum Gasteiger partial charge on any atom is -0.207 e. The molecular formula is C21H17Cl2NO2S2. The van der Waals surface area contributed by atoms with E-state index in [0.29, 0.717) is 11.6 Å². The zero-order chi connectivity index (χ0) is 19.5. The van der Waals surface area contributed by atoms with Crippen LogP contribution in [0.2, 0.25) is 10.0 Å². The van der Waals surface area contributed by atoms with E-state index in [1.54, 1.807) is 16.1 Å². The van der Waals surface area contributed by atoms with Crippen LogP contribution in [0, 0.1) is 0 Å². The molecule has 2 aliphatic rings. The molecule has 28 heavy (non-hydrogen) atoms. The second-order valence-corrected chi connectivity index (χ2v) is 11.0. The van der Waals surface area contributed by atoms with E-state index in [9.17, 15) is 8.42 Å². The van der Waals surface area contributed by atoms with Gasteiger partial charge in [-0.05, 0) is 58.5 Å². The van der Waals surface area contributed by atoms with Crippen molar-refractivity contribution in [1.29, 1.82) is 0 Å². The highest BCUT2D eigenvalue weighted by atomic mass is 35.5. The summed E-state index contributed by atoms with van der Waals surface area (Å²) in [5.74, 6) is 0.758. The summed E-state index contributed by atoms with van der Waals surface area (Å²) in [7, 11) is -3.68. The molecule has 5 rings (SSSR count). The molecule has 7 heteroatoms. The van der Waals surface area contributed by atoms with Crippen molar-refractivity contribution in [2.45, 2.75) is 23.1 Å². The fourth-order valence-electron chi connectivity index (χ4n) is 4.20. The molecule has 1 atom stereocenters. The van der Waals surface area contributed by atoms with Crippen LogP contribution in [0.3, 0.4) is 0 Å². The molecule has 3 nitrogen and oxygen atoms in total. The van der Waals surface area contributed by atoms with Crippen LogP contribution in [0.1, 0.15) is 22.1 Å². The van der Waals surface area contributed by atoms with Crippen molar-refractivity contribution in [2.75, 3.05) is 12.3 Å². The molecule has 1 fully saturated rings. The maximum Gasteiger partial charge on any atom is 0.244 e. The summed E-state index contributed by atoms with van der Waals surface area (Å²) >= 11 is 13.7. The molecule has 0 N–H and O–H groups in total. The van der Waals surface area contributed by atoms with E-state index in [2.05, 4.69) is 30.3 Å². The minimum atomic E-state index is -3.68. The van der Waals surface area contributed by atoms with Crippen LogP contribution < -0.4 is 0 Å². The van der Waals surface area contributed by atoms with Crippen LogP contribution in [-0.4, -0.2) is 25.0 Å². The van der Waals surface area contributed by atoms with Gasteiger partial charge in [-0.1, -0.05) is 53.5 Å². The molecule has 0 amide bonds. The number of nitrogens with zero attached hydrogens (tertiary/aromatic N) is 1. The third-order valence-electron chi connectivity index (χ3n) is 5.52. The summed E-state index contributed by atoms with van der Waals surface area (Å²) in [5, 5.41) is 2.82. The Labute approximate surface area is 178 Å². The molecule has 144 valence electrons. The van der Waals surface area contributed by atoms with Crippen molar-refractivity contribution in [3.8, 4) is 0 Å². The fraction of sp³-hybridized carbons (Fsp3) is 0.238. The molecule has 3 aromatic carbocycles. The molecule has 0 aromatic heterocycles. The van der Waals surface area contributed by atoms with E-state index in [1.807, 2.05) is 0 Å². The quantitative estimate of drug-likeness (QED) is 0.515. The van der Waals surface area contributed by atoms with Gasteiger partial charge in [0.1, 0.15) is 0 Å².